The number of nitriles is 1. The molecule has 2 aromatic carbocycles. The van der Waals surface area contributed by atoms with Crippen molar-refractivity contribution in [3.05, 3.63) is 52.8 Å². The molecule has 0 saturated heterocycles. The van der Waals surface area contributed by atoms with E-state index in [1.165, 1.54) is 0 Å². The molecule has 0 saturated carbocycles. The van der Waals surface area contributed by atoms with Crippen LogP contribution in [0.15, 0.2) is 36.4 Å². The molecule has 27 heavy (non-hydrogen) atoms. The molecule has 0 spiro atoms. The number of allylic oxidation sites excluding steroid dienone is 1. The van der Waals surface area contributed by atoms with E-state index >= 15 is 0 Å². The van der Waals surface area contributed by atoms with Gasteiger partial charge in [-0.15, -0.1) is 0 Å². The first kappa shape index (κ1) is 18.8. The van der Waals surface area contributed by atoms with Gasteiger partial charge < -0.3 is 14.0 Å². The van der Waals surface area contributed by atoms with Gasteiger partial charge in [0.25, 0.3) is 0 Å². The molecule has 6 heteroatoms. The average molecular weight is 382 g/mol. The molecular formula is C21H20ClN3O2. The molecule has 0 atom stereocenters. The third-order valence-corrected chi connectivity index (χ3v) is 4.46. The number of hydrogen-bond acceptors (Lipinski definition) is 4. The fraction of sp³-hybridized carbons (Fsp3) is 0.238. The lowest BCUT2D eigenvalue weighted by Crippen LogP contribution is -2.00. The molecule has 0 bridgehead atoms. The van der Waals surface area contributed by atoms with E-state index in [9.17, 15) is 5.26 Å². The molecule has 0 aliphatic carbocycles. The summed E-state index contributed by atoms with van der Waals surface area (Å²) in [4.78, 5) is 4.65. The van der Waals surface area contributed by atoms with Gasteiger partial charge in [0.2, 0.25) is 0 Å². The summed E-state index contributed by atoms with van der Waals surface area (Å²) < 4.78 is 13.0. The molecule has 3 rings (SSSR count). The molecule has 3 aromatic rings. The second-order valence-electron chi connectivity index (χ2n) is 5.81. The van der Waals surface area contributed by atoms with Crippen LogP contribution >= 0.6 is 11.6 Å². The normalized spacial score (nSPS) is 11.4. The van der Waals surface area contributed by atoms with Gasteiger partial charge in [-0.1, -0.05) is 23.7 Å². The molecule has 138 valence electrons. The third kappa shape index (κ3) is 3.62. The lowest BCUT2D eigenvalue weighted by Gasteiger charge is -2.12. The quantitative estimate of drug-likeness (QED) is 0.552. The van der Waals surface area contributed by atoms with Crippen molar-refractivity contribution in [1.29, 1.82) is 5.26 Å². The number of aryl methyl sites for hydroxylation is 1. The van der Waals surface area contributed by atoms with Crippen molar-refractivity contribution in [2.75, 3.05) is 13.7 Å². The van der Waals surface area contributed by atoms with Crippen LogP contribution in [0.2, 0.25) is 5.02 Å². The minimum absolute atomic E-state index is 0.427. The smallest absolute Gasteiger partial charge is 0.179 e. The maximum atomic E-state index is 9.77. The molecule has 0 aliphatic rings. The van der Waals surface area contributed by atoms with Crippen LogP contribution in [-0.2, 0) is 6.54 Å². The largest absolute Gasteiger partial charge is 0.491 e. The summed E-state index contributed by atoms with van der Waals surface area (Å²) in [7, 11) is 1.55. The molecule has 0 fully saturated rings. The predicted octanol–water partition coefficient (Wildman–Crippen LogP) is 5.18. The summed E-state index contributed by atoms with van der Waals surface area (Å²) in [6, 6.07) is 13.7. The van der Waals surface area contributed by atoms with Gasteiger partial charge in [0.1, 0.15) is 6.07 Å². The first-order chi connectivity index (χ1) is 13.1. The highest BCUT2D eigenvalue weighted by molar-refractivity contribution is 6.32. The number of fused-ring (bicyclic) bond motifs is 1. The number of halogens is 1. The number of benzene rings is 2. The van der Waals surface area contributed by atoms with Crippen molar-refractivity contribution in [3.8, 4) is 17.6 Å². The van der Waals surface area contributed by atoms with Crippen molar-refractivity contribution in [3.63, 3.8) is 0 Å². The fourth-order valence-electron chi connectivity index (χ4n) is 3.05. The summed E-state index contributed by atoms with van der Waals surface area (Å²) in [5, 5.41) is 10.2. The minimum atomic E-state index is 0.427. The first-order valence-corrected chi connectivity index (χ1v) is 9.08. The molecule has 0 N–H and O–H groups in total. The van der Waals surface area contributed by atoms with E-state index in [2.05, 4.69) is 11.1 Å². The van der Waals surface area contributed by atoms with Crippen molar-refractivity contribution in [1.82, 2.24) is 9.55 Å². The summed E-state index contributed by atoms with van der Waals surface area (Å²) >= 11 is 6.33. The zero-order chi connectivity index (χ0) is 19.4. The van der Waals surface area contributed by atoms with Gasteiger partial charge in [-0.05, 0) is 49.8 Å². The monoisotopic (exact) mass is 381 g/mol. The van der Waals surface area contributed by atoms with Crippen LogP contribution in [0.1, 0.15) is 25.2 Å². The number of methoxy groups -OCH3 is 1. The second kappa shape index (κ2) is 8.15. The van der Waals surface area contributed by atoms with Crippen molar-refractivity contribution in [2.24, 2.45) is 0 Å². The Kier molecular flexibility index (Phi) is 5.68. The molecule has 1 heterocycles. The fourth-order valence-corrected chi connectivity index (χ4v) is 3.34. The SMILES string of the molecule is CCOc1cc(/C=C(/C#N)c2nc3ccccc3n2CC)cc(Cl)c1OC. The van der Waals surface area contributed by atoms with Gasteiger partial charge in [0.15, 0.2) is 17.3 Å². The molecular weight excluding hydrogens is 362 g/mol. The minimum Gasteiger partial charge on any atom is -0.491 e. The number of imidazole rings is 1. The van der Waals surface area contributed by atoms with E-state index in [0.29, 0.717) is 41.1 Å². The second-order valence-corrected chi connectivity index (χ2v) is 6.21. The van der Waals surface area contributed by atoms with Crippen molar-refractivity contribution < 1.29 is 9.47 Å². The van der Waals surface area contributed by atoms with E-state index < -0.39 is 0 Å². The van der Waals surface area contributed by atoms with Gasteiger partial charge >= 0.3 is 0 Å². The average Bonchev–Trinajstić information content (AvgIpc) is 3.04. The molecule has 1 aromatic heterocycles. The van der Waals surface area contributed by atoms with Crippen LogP contribution < -0.4 is 9.47 Å². The van der Waals surface area contributed by atoms with Crippen LogP contribution in [0.3, 0.4) is 0 Å². The van der Waals surface area contributed by atoms with Gasteiger partial charge in [-0.2, -0.15) is 5.26 Å². The van der Waals surface area contributed by atoms with Crippen LogP contribution in [0.4, 0.5) is 0 Å². The number of ether oxygens (including phenoxy) is 2. The topological polar surface area (TPSA) is 60.1 Å². The van der Waals surface area contributed by atoms with Gasteiger partial charge in [-0.25, -0.2) is 4.98 Å². The van der Waals surface area contributed by atoms with E-state index in [-0.39, 0.29) is 0 Å². The molecule has 5 nitrogen and oxygen atoms in total. The van der Waals surface area contributed by atoms with E-state index in [1.807, 2.05) is 48.7 Å². The van der Waals surface area contributed by atoms with Crippen molar-refractivity contribution >= 4 is 34.3 Å². The number of aromatic nitrogens is 2. The number of para-hydroxylation sites is 2. The highest BCUT2D eigenvalue weighted by Crippen LogP contribution is 2.37. The van der Waals surface area contributed by atoms with E-state index in [0.717, 1.165) is 16.6 Å². The van der Waals surface area contributed by atoms with Gasteiger partial charge in [-0.3, -0.25) is 0 Å². The molecule has 0 radical (unpaired) electrons. The van der Waals surface area contributed by atoms with E-state index in [1.54, 1.807) is 19.3 Å². The molecule has 0 amide bonds. The summed E-state index contributed by atoms with van der Waals surface area (Å²) in [5.41, 5.74) is 3.06. The maximum absolute atomic E-state index is 9.77. The predicted molar refractivity (Wildman–Crippen MR) is 108 cm³/mol. The van der Waals surface area contributed by atoms with Gasteiger partial charge in [0.05, 0.1) is 35.3 Å². The van der Waals surface area contributed by atoms with Crippen LogP contribution in [0.5, 0.6) is 11.5 Å². The van der Waals surface area contributed by atoms with Crippen LogP contribution in [0, 0.1) is 11.3 Å². The Morgan fingerprint density at radius 2 is 2.07 bits per heavy atom. The lowest BCUT2D eigenvalue weighted by molar-refractivity contribution is 0.311. The maximum Gasteiger partial charge on any atom is 0.179 e. The Hall–Kier alpha value is -2.97. The summed E-state index contributed by atoms with van der Waals surface area (Å²) in [6.07, 6.45) is 1.77. The summed E-state index contributed by atoms with van der Waals surface area (Å²) in [5.74, 6) is 1.65. The Morgan fingerprint density at radius 3 is 2.74 bits per heavy atom. The molecule has 0 aliphatic heterocycles. The zero-order valence-electron chi connectivity index (χ0n) is 15.5. The number of rotatable bonds is 6. The Bertz CT molecular complexity index is 1050. The molecule has 0 unspecified atom stereocenters. The lowest BCUT2D eigenvalue weighted by atomic mass is 10.1. The van der Waals surface area contributed by atoms with Crippen LogP contribution in [-0.4, -0.2) is 23.3 Å². The zero-order valence-corrected chi connectivity index (χ0v) is 16.2. The van der Waals surface area contributed by atoms with Crippen LogP contribution in [0.25, 0.3) is 22.7 Å². The highest BCUT2D eigenvalue weighted by atomic mass is 35.5. The Balaban J connectivity index is 2.14. The first-order valence-electron chi connectivity index (χ1n) is 8.70. The van der Waals surface area contributed by atoms with Crippen molar-refractivity contribution in [2.45, 2.75) is 20.4 Å². The Morgan fingerprint density at radius 1 is 1.30 bits per heavy atom. The third-order valence-electron chi connectivity index (χ3n) is 4.18. The highest BCUT2D eigenvalue weighted by Gasteiger charge is 2.15. The van der Waals surface area contributed by atoms with Gasteiger partial charge in [0, 0.05) is 6.54 Å². The number of nitrogens with zero attached hydrogens (tertiary/aromatic N) is 3. The number of hydrogen-bond donors (Lipinski definition) is 0. The standard InChI is InChI=1S/C21H20ClN3O2/c1-4-25-18-9-7-6-8-17(18)24-21(25)15(13-23)10-14-11-16(22)20(26-3)19(12-14)27-5-2/h6-12H,4-5H2,1-3H3/b15-10-. The van der Waals surface area contributed by atoms with E-state index in [4.69, 9.17) is 21.1 Å². The summed E-state index contributed by atoms with van der Waals surface area (Å²) in [6.45, 7) is 5.11. The Labute approximate surface area is 163 Å².